The van der Waals surface area contributed by atoms with Crippen LogP contribution in [-0.4, -0.2) is 34.2 Å². The molecule has 0 radical (unpaired) electrons. The molecule has 24 heavy (non-hydrogen) atoms. The number of aromatic nitrogens is 1. The zero-order valence-electron chi connectivity index (χ0n) is 14.0. The maximum absolute atomic E-state index is 11.3. The number of rotatable bonds is 6. The quantitative estimate of drug-likeness (QED) is 0.876. The van der Waals surface area contributed by atoms with Gasteiger partial charge < -0.3 is 9.63 Å². The molecule has 1 aliphatic heterocycles. The lowest BCUT2D eigenvalue weighted by Crippen LogP contribution is -2.37. The molecule has 128 valence electrons. The van der Waals surface area contributed by atoms with E-state index in [9.17, 15) is 9.90 Å². The predicted molar refractivity (Wildman–Crippen MR) is 91.4 cm³/mol. The molecule has 1 aromatic carbocycles. The van der Waals surface area contributed by atoms with E-state index in [0.29, 0.717) is 12.3 Å². The summed E-state index contributed by atoms with van der Waals surface area (Å²) >= 11 is 0. The molecule has 0 bridgehead atoms. The molecule has 1 fully saturated rings. The second kappa shape index (κ2) is 7.62. The molecular weight excluding hydrogens is 304 g/mol. The predicted octanol–water partition coefficient (Wildman–Crippen LogP) is 3.66. The summed E-state index contributed by atoms with van der Waals surface area (Å²) in [7, 11) is 0. The van der Waals surface area contributed by atoms with E-state index in [-0.39, 0.29) is 5.92 Å². The highest BCUT2D eigenvalue weighted by atomic mass is 16.5. The number of carbonyl (C=O) groups is 1. The molecule has 0 spiro atoms. The molecule has 1 unspecified atom stereocenters. The van der Waals surface area contributed by atoms with Gasteiger partial charge in [-0.25, -0.2) is 0 Å². The monoisotopic (exact) mass is 328 g/mol. The first-order valence-electron chi connectivity index (χ1n) is 8.63. The highest BCUT2D eigenvalue weighted by Crippen LogP contribution is 2.28. The van der Waals surface area contributed by atoms with Gasteiger partial charge >= 0.3 is 5.97 Å². The van der Waals surface area contributed by atoms with Crippen LogP contribution < -0.4 is 0 Å². The van der Waals surface area contributed by atoms with E-state index in [4.69, 9.17) is 4.52 Å². The molecule has 5 nitrogen and oxygen atoms in total. The van der Waals surface area contributed by atoms with Crippen molar-refractivity contribution < 1.29 is 14.4 Å². The van der Waals surface area contributed by atoms with Crippen LogP contribution in [0.15, 0.2) is 40.9 Å². The second-order valence-electron chi connectivity index (χ2n) is 6.51. The van der Waals surface area contributed by atoms with Crippen LogP contribution in [0.5, 0.6) is 0 Å². The zero-order chi connectivity index (χ0) is 16.9. The van der Waals surface area contributed by atoms with Gasteiger partial charge in [-0.1, -0.05) is 42.4 Å². The number of nitrogens with zero attached hydrogens (tertiary/aromatic N) is 2. The van der Waals surface area contributed by atoms with E-state index in [2.05, 4.69) is 10.1 Å². The van der Waals surface area contributed by atoms with Gasteiger partial charge in [0.2, 0.25) is 0 Å². The Hall–Kier alpha value is -2.14. The Labute approximate surface area is 142 Å². The van der Waals surface area contributed by atoms with Crippen molar-refractivity contribution in [1.29, 1.82) is 0 Å². The lowest BCUT2D eigenvalue weighted by molar-refractivity contribution is -0.144. The molecule has 1 aliphatic rings. The molecule has 0 saturated carbocycles. The maximum atomic E-state index is 11.3. The first kappa shape index (κ1) is 16.7. The molecule has 1 atom stereocenters. The highest BCUT2D eigenvalue weighted by molar-refractivity contribution is 5.70. The molecule has 1 aromatic heterocycles. The van der Waals surface area contributed by atoms with E-state index in [1.807, 2.05) is 43.3 Å². The third kappa shape index (κ3) is 3.85. The summed E-state index contributed by atoms with van der Waals surface area (Å²) < 4.78 is 5.47. The molecule has 5 heteroatoms. The number of likely N-dealkylation sites (tertiary alicyclic amines) is 1. The van der Waals surface area contributed by atoms with Gasteiger partial charge in [-0.15, -0.1) is 0 Å². The third-order valence-corrected chi connectivity index (χ3v) is 4.97. The lowest BCUT2D eigenvalue weighted by atomic mass is 9.83. The molecule has 2 aromatic rings. The minimum atomic E-state index is -0.654. The zero-order valence-corrected chi connectivity index (χ0v) is 14.0. The van der Waals surface area contributed by atoms with Crippen molar-refractivity contribution in [2.45, 2.75) is 32.7 Å². The first-order chi connectivity index (χ1) is 11.7. The largest absolute Gasteiger partial charge is 0.481 e. The first-order valence-corrected chi connectivity index (χ1v) is 8.63. The molecule has 0 amide bonds. The Morgan fingerprint density at radius 1 is 1.33 bits per heavy atom. The number of hydrogen-bond acceptors (Lipinski definition) is 4. The molecule has 0 aliphatic carbocycles. The van der Waals surface area contributed by atoms with Gasteiger partial charge in [0.1, 0.15) is 5.69 Å². The Morgan fingerprint density at radius 3 is 2.67 bits per heavy atom. The van der Waals surface area contributed by atoms with Crippen LogP contribution in [-0.2, 0) is 11.3 Å². The minimum Gasteiger partial charge on any atom is -0.481 e. The average Bonchev–Trinajstić information content (AvgIpc) is 3.06. The highest BCUT2D eigenvalue weighted by Gasteiger charge is 2.30. The summed E-state index contributed by atoms with van der Waals surface area (Å²) in [5.41, 5.74) is 1.91. The van der Waals surface area contributed by atoms with Gasteiger partial charge in [-0.05, 0) is 38.3 Å². The van der Waals surface area contributed by atoms with Crippen molar-refractivity contribution in [3.8, 4) is 11.3 Å². The van der Waals surface area contributed by atoms with Crippen molar-refractivity contribution in [3.63, 3.8) is 0 Å². The van der Waals surface area contributed by atoms with Gasteiger partial charge in [0, 0.05) is 11.6 Å². The molecule has 1 N–H and O–H groups in total. The lowest BCUT2D eigenvalue weighted by Gasteiger charge is -2.33. The SMILES string of the molecule is CCC(C(=O)O)C1CCN(Cc2cc(-c3ccccc3)no2)CC1. The molecule has 1 saturated heterocycles. The van der Waals surface area contributed by atoms with Gasteiger partial charge in [-0.2, -0.15) is 0 Å². The van der Waals surface area contributed by atoms with Gasteiger partial charge in [-0.3, -0.25) is 9.69 Å². The van der Waals surface area contributed by atoms with Crippen molar-refractivity contribution in [2.24, 2.45) is 11.8 Å². The number of hydrogen-bond donors (Lipinski definition) is 1. The Morgan fingerprint density at radius 2 is 2.04 bits per heavy atom. The molecular formula is C19H24N2O3. The van der Waals surface area contributed by atoms with Crippen molar-refractivity contribution >= 4 is 5.97 Å². The summed E-state index contributed by atoms with van der Waals surface area (Å²) in [5.74, 6) is 0.289. The number of carboxylic acids is 1. The Bertz CT molecular complexity index is 660. The Kier molecular flexibility index (Phi) is 5.30. The third-order valence-electron chi connectivity index (χ3n) is 4.97. The normalized spacial score (nSPS) is 17.7. The molecule has 3 rings (SSSR count). The van der Waals surface area contributed by atoms with Crippen molar-refractivity contribution in [1.82, 2.24) is 10.1 Å². The topological polar surface area (TPSA) is 66.6 Å². The fourth-order valence-electron chi connectivity index (χ4n) is 3.58. The van der Waals surface area contributed by atoms with Gasteiger partial charge in [0.25, 0.3) is 0 Å². The number of piperidine rings is 1. The number of aliphatic carboxylic acids is 1. The van der Waals surface area contributed by atoms with Gasteiger partial charge in [0.15, 0.2) is 5.76 Å². The average molecular weight is 328 g/mol. The van der Waals surface area contributed by atoms with Crippen LogP contribution in [0.3, 0.4) is 0 Å². The summed E-state index contributed by atoms with van der Waals surface area (Å²) in [4.78, 5) is 13.6. The maximum Gasteiger partial charge on any atom is 0.306 e. The van der Waals surface area contributed by atoms with Crippen LogP contribution in [0.4, 0.5) is 0 Å². The van der Waals surface area contributed by atoms with E-state index in [1.54, 1.807) is 0 Å². The van der Waals surface area contributed by atoms with E-state index < -0.39 is 5.97 Å². The van der Waals surface area contributed by atoms with Crippen LogP contribution in [0.2, 0.25) is 0 Å². The van der Waals surface area contributed by atoms with Crippen LogP contribution in [0.1, 0.15) is 31.9 Å². The number of carboxylic acid groups (broad SMARTS) is 1. The standard InChI is InChI=1S/C19H24N2O3/c1-2-17(19(22)23)14-8-10-21(11-9-14)13-16-12-18(20-24-16)15-6-4-3-5-7-15/h3-7,12,14,17H,2,8-11,13H2,1H3,(H,22,23). The van der Waals surface area contributed by atoms with Gasteiger partial charge in [0.05, 0.1) is 12.5 Å². The molecule has 2 heterocycles. The van der Waals surface area contributed by atoms with Crippen molar-refractivity contribution in [3.05, 3.63) is 42.2 Å². The minimum absolute atomic E-state index is 0.206. The number of benzene rings is 1. The van der Waals surface area contributed by atoms with Crippen LogP contribution >= 0.6 is 0 Å². The smallest absolute Gasteiger partial charge is 0.306 e. The van der Waals surface area contributed by atoms with Crippen molar-refractivity contribution in [2.75, 3.05) is 13.1 Å². The van der Waals surface area contributed by atoms with Crippen LogP contribution in [0.25, 0.3) is 11.3 Å². The van der Waals surface area contributed by atoms with E-state index in [1.165, 1.54) is 0 Å². The summed E-state index contributed by atoms with van der Waals surface area (Å²) in [6, 6.07) is 12.0. The Balaban J connectivity index is 1.55. The summed E-state index contributed by atoms with van der Waals surface area (Å²) in [6.07, 6.45) is 2.58. The summed E-state index contributed by atoms with van der Waals surface area (Å²) in [6.45, 7) is 4.52. The van der Waals surface area contributed by atoms with E-state index >= 15 is 0 Å². The fraction of sp³-hybridized carbons (Fsp3) is 0.474. The van der Waals surface area contributed by atoms with E-state index in [0.717, 1.165) is 49.5 Å². The summed E-state index contributed by atoms with van der Waals surface area (Å²) in [5, 5.41) is 13.5. The second-order valence-corrected chi connectivity index (χ2v) is 6.51. The van der Waals surface area contributed by atoms with Crippen LogP contribution in [0, 0.1) is 11.8 Å². The fourth-order valence-corrected chi connectivity index (χ4v) is 3.58.